The van der Waals surface area contributed by atoms with E-state index in [1.165, 1.54) is 0 Å². The van der Waals surface area contributed by atoms with Crippen molar-refractivity contribution in [3.8, 4) is 5.75 Å². The van der Waals surface area contributed by atoms with Gasteiger partial charge in [0.2, 0.25) is 5.91 Å². The van der Waals surface area contributed by atoms with Crippen molar-refractivity contribution in [2.24, 2.45) is 0 Å². The molecule has 0 spiro atoms. The molecule has 3 rings (SSSR count). The normalized spacial score (nSPS) is 13.3. The molecule has 0 bridgehead atoms. The number of benzene rings is 2. The van der Waals surface area contributed by atoms with E-state index in [9.17, 15) is 4.79 Å². The van der Waals surface area contributed by atoms with Gasteiger partial charge in [-0.25, -0.2) is 0 Å². The molecule has 5 heteroatoms. The number of rotatable bonds is 5. The summed E-state index contributed by atoms with van der Waals surface area (Å²) in [6.45, 7) is 3.76. The molecule has 1 amide bonds. The Bertz CT molecular complexity index is 713. The van der Waals surface area contributed by atoms with E-state index in [2.05, 4.69) is 10.2 Å². The number of nitrogens with one attached hydrogen (secondary N) is 1. The van der Waals surface area contributed by atoms with Crippen molar-refractivity contribution in [1.29, 1.82) is 0 Å². The zero-order valence-electron chi connectivity index (χ0n) is 13.9. The van der Waals surface area contributed by atoms with Crippen LogP contribution in [0.5, 0.6) is 5.75 Å². The third kappa shape index (κ3) is 3.62. The number of fused-ring (bicyclic) bond motifs is 1. The molecule has 3 N–H and O–H groups in total. The SMILES string of the molecule is CCOc1ccc(NC(=O)CN2CCCc3c(N)cccc32)cc1. The monoisotopic (exact) mass is 325 g/mol. The first kappa shape index (κ1) is 16.2. The van der Waals surface area contributed by atoms with Crippen molar-refractivity contribution in [3.63, 3.8) is 0 Å². The fourth-order valence-corrected chi connectivity index (χ4v) is 3.07. The maximum atomic E-state index is 12.4. The number of nitrogens with zero attached hydrogens (tertiary/aromatic N) is 1. The standard InChI is InChI=1S/C19H23N3O2/c1-2-24-15-10-8-14(9-11-15)21-19(23)13-22-12-4-5-16-17(20)6-3-7-18(16)22/h3,6-11H,2,4-5,12-13,20H2,1H3,(H,21,23). The Morgan fingerprint density at radius 3 is 2.79 bits per heavy atom. The average molecular weight is 325 g/mol. The lowest BCUT2D eigenvalue weighted by atomic mass is 10.00. The summed E-state index contributed by atoms with van der Waals surface area (Å²) >= 11 is 0. The molecule has 0 unspecified atom stereocenters. The zero-order chi connectivity index (χ0) is 16.9. The van der Waals surface area contributed by atoms with Crippen LogP contribution in [0.15, 0.2) is 42.5 Å². The maximum Gasteiger partial charge on any atom is 0.243 e. The van der Waals surface area contributed by atoms with Gasteiger partial charge in [-0.05, 0) is 61.7 Å². The number of nitrogens with two attached hydrogens (primary N) is 1. The number of hydrogen-bond acceptors (Lipinski definition) is 4. The molecule has 0 atom stereocenters. The van der Waals surface area contributed by atoms with E-state index in [1.54, 1.807) is 0 Å². The highest BCUT2D eigenvalue weighted by Crippen LogP contribution is 2.31. The summed E-state index contributed by atoms with van der Waals surface area (Å²) in [5.41, 5.74) is 9.86. The first-order valence-corrected chi connectivity index (χ1v) is 8.32. The number of amides is 1. The summed E-state index contributed by atoms with van der Waals surface area (Å²) in [7, 11) is 0. The first-order valence-electron chi connectivity index (χ1n) is 8.32. The van der Waals surface area contributed by atoms with Crippen molar-refractivity contribution in [2.75, 3.05) is 35.6 Å². The van der Waals surface area contributed by atoms with E-state index in [4.69, 9.17) is 10.5 Å². The molecule has 1 aliphatic heterocycles. The van der Waals surface area contributed by atoms with Gasteiger partial charge in [-0.1, -0.05) is 6.07 Å². The van der Waals surface area contributed by atoms with E-state index in [1.807, 2.05) is 49.4 Å². The molecule has 0 fully saturated rings. The van der Waals surface area contributed by atoms with Crippen molar-refractivity contribution in [1.82, 2.24) is 0 Å². The Morgan fingerprint density at radius 1 is 1.25 bits per heavy atom. The topological polar surface area (TPSA) is 67.6 Å². The van der Waals surface area contributed by atoms with Gasteiger partial charge in [0.25, 0.3) is 0 Å². The lowest BCUT2D eigenvalue weighted by molar-refractivity contribution is -0.115. The molecule has 2 aromatic rings. The van der Waals surface area contributed by atoms with Crippen LogP contribution in [-0.4, -0.2) is 25.6 Å². The molecule has 0 aliphatic carbocycles. The Labute approximate surface area is 142 Å². The molecule has 126 valence electrons. The second-order valence-corrected chi connectivity index (χ2v) is 5.88. The highest BCUT2D eigenvalue weighted by Gasteiger charge is 2.20. The number of ether oxygens (including phenoxy) is 1. The van der Waals surface area contributed by atoms with Crippen molar-refractivity contribution >= 4 is 23.0 Å². The fraction of sp³-hybridized carbons (Fsp3) is 0.316. The second-order valence-electron chi connectivity index (χ2n) is 5.88. The predicted octanol–water partition coefficient (Wildman–Crippen LogP) is 3.06. The van der Waals surface area contributed by atoms with Gasteiger partial charge in [-0.15, -0.1) is 0 Å². The van der Waals surface area contributed by atoms with Crippen molar-refractivity contribution in [3.05, 3.63) is 48.0 Å². The zero-order valence-corrected chi connectivity index (χ0v) is 13.9. The lowest BCUT2D eigenvalue weighted by Crippen LogP contribution is -2.37. The van der Waals surface area contributed by atoms with Crippen LogP contribution >= 0.6 is 0 Å². The number of nitrogen functional groups attached to an aromatic ring is 1. The van der Waals surface area contributed by atoms with Crippen LogP contribution < -0.4 is 20.7 Å². The molecule has 0 aromatic heterocycles. The molecule has 24 heavy (non-hydrogen) atoms. The number of carbonyl (C=O) groups is 1. The summed E-state index contributed by atoms with van der Waals surface area (Å²) in [5, 5.41) is 2.94. The summed E-state index contributed by atoms with van der Waals surface area (Å²) in [4.78, 5) is 14.5. The third-order valence-electron chi connectivity index (χ3n) is 4.17. The van der Waals surface area contributed by atoms with Gasteiger partial charge in [-0.2, -0.15) is 0 Å². The van der Waals surface area contributed by atoms with E-state index in [0.717, 1.165) is 47.8 Å². The Hall–Kier alpha value is -2.69. The van der Waals surface area contributed by atoms with E-state index in [-0.39, 0.29) is 5.91 Å². The minimum absolute atomic E-state index is 0.0329. The van der Waals surface area contributed by atoms with Gasteiger partial charge in [0, 0.05) is 23.6 Å². The van der Waals surface area contributed by atoms with Crippen molar-refractivity contribution < 1.29 is 9.53 Å². The molecule has 1 heterocycles. The fourth-order valence-electron chi connectivity index (χ4n) is 3.07. The molecule has 1 aliphatic rings. The molecule has 5 nitrogen and oxygen atoms in total. The van der Waals surface area contributed by atoms with E-state index >= 15 is 0 Å². The van der Waals surface area contributed by atoms with Gasteiger partial charge < -0.3 is 20.7 Å². The molecule has 0 saturated heterocycles. The van der Waals surface area contributed by atoms with Gasteiger partial charge >= 0.3 is 0 Å². The smallest absolute Gasteiger partial charge is 0.243 e. The predicted molar refractivity (Wildman–Crippen MR) is 97.6 cm³/mol. The molecular formula is C19H23N3O2. The van der Waals surface area contributed by atoms with Crippen LogP contribution in [0.1, 0.15) is 18.9 Å². The van der Waals surface area contributed by atoms with Crippen LogP contribution in [0, 0.1) is 0 Å². The molecule has 0 saturated carbocycles. The molecule has 2 aromatic carbocycles. The van der Waals surface area contributed by atoms with Gasteiger partial charge in [0.15, 0.2) is 0 Å². The largest absolute Gasteiger partial charge is 0.494 e. The molecule has 0 radical (unpaired) electrons. The molecular weight excluding hydrogens is 302 g/mol. The van der Waals surface area contributed by atoms with Crippen LogP contribution in [0.2, 0.25) is 0 Å². The third-order valence-corrected chi connectivity index (χ3v) is 4.17. The van der Waals surface area contributed by atoms with Crippen molar-refractivity contribution in [2.45, 2.75) is 19.8 Å². The second kappa shape index (κ2) is 7.25. The van der Waals surface area contributed by atoms with E-state index in [0.29, 0.717) is 13.2 Å². The quantitative estimate of drug-likeness (QED) is 0.829. The average Bonchev–Trinajstić information content (AvgIpc) is 2.58. The number of carbonyl (C=O) groups excluding carboxylic acids is 1. The van der Waals surface area contributed by atoms with Gasteiger partial charge in [-0.3, -0.25) is 4.79 Å². The highest BCUT2D eigenvalue weighted by molar-refractivity contribution is 5.94. The number of anilines is 3. The minimum Gasteiger partial charge on any atom is -0.494 e. The summed E-state index contributed by atoms with van der Waals surface area (Å²) < 4.78 is 5.40. The lowest BCUT2D eigenvalue weighted by Gasteiger charge is -2.31. The minimum atomic E-state index is -0.0329. The van der Waals surface area contributed by atoms with Crippen LogP contribution in [0.25, 0.3) is 0 Å². The Balaban J connectivity index is 1.65. The van der Waals surface area contributed by atoms with Crippen LogP contribution in [0.3, 0.4) is 0 Å². The van der Waals surface area contributed by atoms with Crippen LogP contribution in [-0.2, 0) is 11.2 Å². The highest BCUT2D eigenvalue weighted by atomic mass is 16.5. The Kier molecular flexibility index (Phi) is 4.89. The maximum absolute atomic E-state index is 12.4. The van der Waals surface area contributed by atoms with Crippen LogP contribution in [0.4, 0.5) is 17.1 Å². The van der Waals surface area contributed by atoms with Gasteiger partial charge in [0.05, 0.1) is 13.2 Å². The Morgan fingerprint density at radius 2 is 2.04 bits per heavy atom. The summed E-state index contributed by atoms with van der Waals surface area (Å²) in [6.07, 6.45) is 1.98. The van der Waals surface area contributed by atoms with Gasteiger partial charge in [0.1, 0.15) is 5.75 Å². The van der Waals surface area contributed by atoms with E-state index < -0.39 is 0 Å². The summed E-state index contributed by atoms with van der Waals surface area (Å²) in [6, 6.07) is 13.3. The first-order chi connectivity index (χ1) is 11.7. The number of hydrogen-bond donors (Lipinski definition) is 2. The summed E-state index contributed by atoms with van der Waals surface area (Å²) in [5.74, 6) is 0.769.